The van der Waals surface area contributed by atoms with Gasteiger partial charge in [0.1, 0.15) is 23.7 Å². The minimum Gasteiger partial charge on any atom is -0.496 e. The maximum absolute atomic E-state index is 5.39. The molecule has 26 heavy (non-hydrogen) atoms. The first-order chi connectivity index (χ1) is 12.8. The summed E-state index contributed by atoms with van der Waals surface area (Å²) in [5.41, 5.74) is 1.18. The van der Waals surface area contributed by atoms with Crippen LogP contribution in [0.5, 0.6) is 5.75 Å². The molecule has 0 spiro atoms. The fraction of sp³-hybridized carbons (Fsp3) is 0.474. The third kappa shape index (κ3) is 5.57. The van der Waals surface area contributed by atoms with Crippen LogP contribution in [-0.2, 0) is 11.2 Å². The highest BCUT2D eigenvalue weighted by molar-refractivity contribution is 5.46. The molecular weight excluding hydrogens is 330 g/mol. The van der Waals surface area contributed by atoms with E-state index in [-0.39, 0.29) is 0 Å². The van der Waals surface area contributed by atoms with E-state index in [0.717, 1.165) is 69.7 Å². The number of para-hydroxylation sites is 1. The molecule has 1 aromatic carbocycles. The summed E-state index contributed by atoms with van der Waals surface area (Å²) in [5.74, 6) is 2.58. The van der Waals surface area contributed by atoms with Gasteiger partial charge < -0.3 is 20.1 Å². The zero-order chi connectivity index (χ0) is 18.0. The van der Waals surface area contributed by atoms with Crippen LogP contribution in [0.3, 0.4) is 0 Å². The Kier molecular flexibility index (Phi) is 7.04. The number of anilines is 2. The Balaban J connectivity index is 1.43. The van der Waals surface area contributed by atoms with Crippen LogP contribution in [-0.4, -0.2) is 67.9 Å². The number of benzene rings is 1. The summed E-state index contributed by atoms with van der Waals surface area (Å²) in [6, 6.07) is 10.0. The lowest BCUT2D eigenvalue weighted by molar-refractivity contribution is 0.0398. The molecule has 0 bridgehead atoms. The number of nitrogens with zero attached hydrogens (tertiary/aromatic N) is 3. The van der Waals surface area contributed by atoms with Crippen LogP contribution in [0.1, 0.15) is 5.56 Å². The Morgan fingerprint density at radius 2 is 1.81 bits per heavy atom. The Labute approximate surface area is 154 Å². The molecule has 0 unspecified atom stereocenters. The number of ether oxygens (including phenoxy) is 2. The third-order valence-corrected chi connectivity index (χ3v) is 4.40. The predicted octanol–water partition coefficient (Wildman–Crippen LogP) is 1.88. The van der Waals surface area contributed by atoms with Crippen molar-refractivity contribution in [3.05, 3.63) is 42.2 Å². The fourth-order valence-corrected chi connectivity index (χ4v) is 2.95. The lowest BCUT2D eigenvalue weighted by Gasteiger charge is -2.26. The maximum atomic E-state index is 5.39. The van der Waals surface area contributed by atoms with Crippen molar-refractivity contribution in [2.45, 2.75) is 6.42 Å². The van der Waals surface area contributed by atoms with Gasteiger partial charge in [0.25, 0.3) is 0 Å². The zero-order valence-electron chi connectivity index (χ0n) is 15.3. The van der Waals surface area contributed by atoms with Crippen LogP contribution < -0.4 is 15.4 Å². The van der Waals surface area contributed by atoms with Crippen molar-refractivity contribution in [3.63, 3.8) is 0 Å². The first-order valence-electron chi connectivity index (χ1n) is 9.07. The molecule has 0 radical (unpaired) electrons. The van der Waals surface area contributed by atoms with Crippen molar-refractivity contribution in [1.82, 2.24) is 14.9 Å². The molecule has 1 aliphatic rings. The summed E-state index contributed by atoms with van der Waals surface area (Å²) in [6.07, 6.45) is 2.45. The van der Waals surface area contributed by atoms with Crippen molar-refractivity contribution < 1.29 is 9.47 Å². The van der Waals surface area contributed by atoms with Crippen LogP contribution in [0.15, 0.2) is 36.7 Å². The van der Waals surface area contributed by atoms with Gasteiger partial charge in [-0.05, 0) is 18.1 Å². The third-order valence-electron chi connectivity index (χ3n) is 4.40. The molecule has 2 heterocycles. The summed E-state index contributed by atoms with van der Waals surface area (Å²) in [5, 5.41) is 6.72. The largest absolute Gasteiger partial charge is 0.496 e. The maximum Gasteiger partial charge on any atom is 0.131 e. The quantitative estimate of drug-likeness (QED) is 0.710. The second-order valence-corrected chi connectivity index (χ2v) is 6.16. The van der Waals surface area contributed by atoms with E-state index in [1.807, 2.05) is 24.3 Å². The Morgan fingerprint density at radius 3 is 2.58 bits per heavy atom. The topological polar surface area (TPSA) is 71.5 Å². The second-order valence-electron chi connectivity index (χ2n) is 6.16. The van der Waals surface area contributed by atoms with Gasteiger partial charge in [-0.3, -0.25) is 4.90 Å². The van der Waals surface area contributed by atoms with Crippen LogP contribution in [0, 0.1) is 0 Å². The fourth-order valence-electron chi connectivity index (χ4n) is 2.95. The van der Waals surface area contributed by atoms with Gasteiger partial charge in [0.05, 0.1) is 20.3 Å². The molecular formula is C19H27N5O2. The van der Waals surface area contributed by atoms with E-state index in [4.69, 9.17) is 9.47 Å². The summed E-state index contributed by atoms with van der Waals surface area (Å²) in [4.78, 5) is 11.0. The van der Waals surface area contributed by atoms with Crippen molar-refractivity contribution in [1.29, 1.82) is 0 Å². The molecule has 7 heteroatoms. The van der Waals surface area contributed by atoms with Crippen LogP contribution in [0.2, 0.25) is 0 Å². The standard InChI is InChI=1S/C19H27N5O2/c1-25-17-5-3-2-4-16(17)6-7-20-18-14-19(23-15-22-18)21-8-9-24-10-12-26-13-11-24/h2-5,14-15H,6-13H2,1H3,(H2,20,21,22,23). The normalized spacial score (nSPS) is 14.8. The summed E-state index contributed by atoms with van der Waals surface area (Å²) >= 11 is 0. The van der Waals surface area contributed by atoms with Gasteiger partial charge in [0.15, 0.2) is 0 Å². The Bertz CT molecular complexity index is 676. The summed E-state index contributed by atoms with van der Waals surface area (Å²) in [7, 11) is 1.70. The highest BCUT2D eigenvalue weighted by Gasteiger charge is 2.09. The lowest BCUT2D eigenvalue weighted by atomic mass is 10.1. The first kappa shape index (κ1) is 18.4. The van der Waals surface area contributed by atoms with Gasteiger partial charge >= 0.3 is 0 Å². The molecule has 1 aromatic heterocycles. The highest BCUT2D eigenvalue weighted by atomic mass is 16.5. The molecule has 140 valence electrons. The molecule has 1 aliphatic heterocycles. The number of rotatable bonds is 9. The number of morpholine rings is 1. The van der Waals surface area contributed by atoms with Crippen molar-refractivity contribution in [3.8, 4) is 5.75 Å². The van der Waals surface area contributed by atoms with Gasteiger partial charge in [-0.15, -0.1) is 0 Å². The minimum atomic E-state index is 0.782. The molecule has 0 amide bonds. The van der Waals surface area contributed by atoms with E-state index in [1.165, 1.54) is 5.56 Å². The molecule has 0 atom stereocenters. The van der Waals surface area contributed by atoms with E-state index in [9.17, 15) is 0 Å². The van der Waals surface area contributed by atoms with Gasteiger partial charge in [0, 0.05) is 38.8 Å². The molecule has 7 nitrogen and oxygen atoms in total. The van der Waals surface area contributed by atoms with Crippen molar-refractivity contribution in [2.75, 3.05) is 63.7 Å². The average molecular weight is 357 g/mol. The van der Waals surface area contributed by atoms with E-state index in [0.29, 0.717) is 0 Å². The molecule has 2 aromatic rings. The number of methoxy groups -OCH3 is 1. The number of aromatic nitrogens is 2. The molecule has 1 saturated heterocycles. The van der Waals surface area contributed by atoms with Crippen LogP contribution in [0.4, 0.5) is 11.6 Å². The average Bonchev–Trinajstić information content (AvgIpc) is 2.69. The SMILES string of the molecule is COc1ccccc1CCNc1cc(NCCN2CCOCC2)ncn1. The second kappa shape index (κ2) is 9.94. The predicted molar refractivity (Wildman–Crippen MR) is 103 cm³/mol. The van der Waals surface area contributed by atoms with Crippen molar-refractivity contribution in [2.24, 2.45) is 0 Å². The molecule has 0 aliphatic carbocycles. The van der Waals surface area contributed by atoms with Gasteiger partial charge in [-0.1, -0.05) is 18.2 Å². The van der Waals surface area contributed by atoms with Gasteiger partial charge in [0.2, 0.25) is 0 Å². The molecule has 0 saturated carbocycles. The Morgan fingerprint density at radius 1 is 1.08 bits per heavy atom. The van der Waals surface area contributed by atoms with E-state index < -0.39 is 0 Å². The highest BCUT2D eigenvalue weighted by Crippen LogP contribution is 2.18. The number of hydrogen-bond donors (Lipinski definition) is 2. The van der Waals surface area contributed by atoms with E-state index >= 15 is 0 Å². The zero-order valence-corrected chi connectivity index (χ0v) is 15.3. The number of hydrogen-bond acceptors (Lipinski definition) is 7. The molecule has 3 rings (SSSR count). The molecule has 1 fully saturated rings. The van der Waals surface area contributed by atoms with E-state index in [2.05, 4.69) is 31.6 Å². The minimum absolute atomic E-state index is 0.782. The first-order valence-corrected chi connectivity index (χ1v) is 9.07. The summed E-state index contributed by atoms with van der Waals surface area (Å²) in [6.45, 7) is 6.29. The Hall–Kier alpha value is -2.38. The molecule has 2 N–H and O–H groups in total. The van der Waals surface area contributed by atoms with Crippen molar-refractivity contribution >= 4 is 11.6 Å². The van der Waals surface area contributed by atoms with Gasteiger partial charge in [-0.2, -0.15) is 0 Å². The summed E-state index contributed by atoms with van der Waals surface area (Å²) < 4.78 is 10.8. The smallest absolute Gasteiger partial charge is 0.131 e. The van der Waals surface area contributed by atoms with Crippen LogP contribution >= 0.6 is 0 Å². The van der Waals surface area contributed by atoms with Crippen LogP contribution in [0.25, 0.3) is 0 Å². The van der Waals surface area contributed by atoms with E-state index in [1.54, 1.807) is 13.4 Å². The number of nitrogens with one attached hydrogen (secondary N) is 2. The monoisotopic (exact) mass is 357 g/mol. The van der Waals surface area contributed by atoms with Gasteiger partial charge in [-0.25, -0.2) is 9.97 Å². The lowest BCUT2D eigenvalue weighted by Crippen LogP contribution is -2.39.